The number of aromatic nitrogens is 3. The Hall–Kier alpha value is -1.71. The fourth-order valence-electron chi connectivity index (χ4n) is 4.30. The molecular weight excluding hydrogens is 528 g/mol. The molecule has 4 rings (SSSR count). The van der Waals surface area contributed by atoms with E-state index in [0.29, 0.717) is 38.9 Å². The molecule has 0 radical (unpaired) electrons. The molecule has 1 N–H and O–H groups in total. The summed E-state index contributed by atoms with van der Waals surface area (Å²) < 4.78 is 38.1. The minimum atomic E-state index is -3.91. The van der Waals surface area contributed by atoms with Crippen molar-refractivity contribution in [2.45, 2.75) is 58.2 Å². The van der Waals surface area contributed by atoms with Crippen LogP contribution in [0.4, 0.5) is 0 Å². The van der Waals surface area contributed by atoms with Gasteiger partial charge in [-0.25, -0.2) is 4.68 Å². The molecule has 1 aliphatic rings. The van der Waals surface area contributed by atoms with Crippen LogP contribution >= 0.6 is 30.8 Å². The summed E-state index contributed by atoms with van der Waals surface area (Å²) in [6.45, 7) is 6.04. The van der Waals surface area contributed by atoms with E-state index in [4.69, 9.17) is 41.7 Å². The molecule has 0 aliphatic carbocycles. The van der Waals surface area contributed by atoms with Crippen LogP contribution in [-0.4, -0.2) is 39.7 Å². The number of benzene rings is 1. The second-order valence-corrected chi connectivity index (χ2v) is 11.3. The summed E-state index contributed by atoms with van der Waals surface area (Å²) in [5.41, 5.74) is 1.48. The number of aliphatic hydroxyl groups excluding tert-OH is 1. The molecular formula is C24H30Cl2N3O6P. The van der Waals surface area contributed by atoms with Gasteiger partial charge in [0.1, 0.15) is 17.5 Å². The van der Waals surface area contributed by atoms with Crippen LogP contribution < -0.4 is 4.74 Å². The Balaban J connectivity index is 1.77. The molecule has 196 valence electrons. The van der Waals surface area contributed by atoms with Crippen molar-refractivity contribution >= 4 is 41.7 Å². The zero-order chi connectivity index (χ0) is 25.9. The smallest absolute Gasteiger partial charge is 0.365 e. The monoisotopic (exact) mass is 557 g/mol. The predicted octanol–water partition coefficient (Wildman–Crippen LogP) is 6.83. The van der Waals surface area contributed by atoms with E-state index in [1.165, 1.54) is 12.4 Å². The largest absolute Gasteiger partial charge is 0.486 e. The fraction of sp³-hybridized carbons (Fsp3) is 0.500. The number of hydrogen-bond donors (Lipinski definition) is 1. The van der Waals surface area contributed by atoms with E-state index in [0.717, 1.165) is 19.3 Å². The van der Waals surface area contributed by atoms with Crippen LogP contribution in [0.25, 0.3) is 10.9 Å². The van der Waals surface area contributed by atoms with Gasteiger partial charge in [0.05, 0.1) is 28.8 Å². The van der Waals surface area contributed by atoms with Crippen LogP contribution in [0.5, 0.6) is 5.75 Å². The summed E-state index contributed by atoms with van der Waals surface area (Å²) in [4.78, 5) is 3.99. The highest BCUT2D eigenvalue weighted by Gasteiger charge is 2.39. The minimum Gasteiger partial charge on any atom is -0.486 e. The second kappa shape index (κ2) is 11.8. The number of ether oxygens (including phenoxy) is 2. The third-order valence-electron chi connectivity index (χ3n) is 5.91. The highest BCUT2D eigenvalue weighted by Crippen LogP contribution is 2.60. The first-order valence-electron chi connectivity index (χ1n) is 11.9. The average Bonchev–Trinajstić information content (AvgIpc) is 3.23. The summed E-state index contributed by atoms with van der Waals surface area (Å²) in [5.74, 6) is -1.11. The van der Waals surface area contributed by atoms with E-state index in [-0.39, 0.29) is 25.1 Å². The normalized spacial score (nSPS) is 18.3. The maximum Gasteiger partial charge on any atom is 0.365 e. The number of nitrogens with zero attached hydrogens (tertiary/aromatic N) is 3. The van der Waals surface area contributed by atoms with Gasteiger partial charge in [-0.15, -0.1) is 0 Å². The van der Waals surface area contributed by atoms with Gasteiger partial charge >= 0.3 is 7.60 Å². The Morgan fingerprint density at radius 1 is 1.19 bits per heavy atom. The van der Waals surface area contributed by atoms with Crippen LogP contribution in [0.2, 0.25) is 10.0 Å². The summed E-state index contributed by atoms with van der Waals surface area (Å²) in [6, 6.07) is 5.37. The molecule has 0 spiro atoms. The second-order valence-electron chi connectivity index (χ2n) is 8.36. The molecule has 3 heterocycles. The number of pyridine rings is 1. The third kappa shape index (κ3) is 5.58. The van der Waals surface area contributed by atoms with Gasteiger partial charge in [-0.05, 0) is 58.2 Å². The lowest BCUT2D eigenvalue weighted by molar-refractivity contribution is -0.0372. The van der Waals surface area contributed by atoms with Crippen molar-refractivity contribution in [2.24, 2.45) is 0 Å². The van der Waals surface area contributed by atoms with Crippen molar-refractivity contribution in [3.05, 3.63) is 51.9 Å². The van der Waals surface area contributed by atoms with E-state index >= 15 is 0 Å². The molecule has 12 heteroatoms. The molecule has 3 unspecified atom stereocenters. The molecule has 0 bridgehead atoms. The average molecular weight is 558 g/mol. The van der Waals surface area contributed by atoms with Gasteiger partial charge in [-0.2, -0.15) is 5.10 Å². The molecule has 9 nitrogen and oxygen atoms in total. The Morgan fingerprint density at radius 3 is 2.50 bits per heavy atom. The number of aliphatic hydroxyl groups is 1. The number of rotatable bonds is 10. The lowest BCUT2D eigenvalue weighted by Crippen LogP contribution is -2.19. The standard InChI is InChI=1S/C24H30Cl2N3O6P/c1-4-33-36(31,34-5-2)24(30)23-17-12-16(35-15(3)22-18(25)13-27-14-19(22)26)9-10-20(17)29(28-23)21-8-6-7-11-32-21/h9-10,12-15,21,24,30H,4-8,11H2,1-3H3. The lowest BCUT2D eigenvalue weighted by Gasteiger charge is -2.24. The summed E-state index contributed by atoms with van der Waals surface area (Å²) in [7, 11) is -3.91. The van der Waals surface area contributed by atoms with Crippen LogP contribution in [0.15, 0.2) is 30.6 Å². The van der Waals surface area contributed by atoms with Crippen molar-refractivity contribution in [3.63, 3.8) is 0 Å². The fourth-order valence-corrected chi connectivity index (χ4v) is 6.54. The zero-order valence-corrected chi connectivity index (χ0v) is 22.8. The molecule has 3 aromatic rings. The van der Waals surface area contributed by atoms with Gasteiger partial charge in [-0.1, -0.05) is 23.2 Å². The quantitative estimate of drug-likeness (QED) is 0.270. The molecule has 1 saturated heterocycles. The van der Waals surface area contributed by atoms with Gasteiger partial charge in [-0.3, -0.25) is 9.55 Å². The molecule has 2 aromatic heterocycles. The first-order valence-corrected chi connectivity index (χ1v) is 14.3. The van der Waals surface area contributed by atoms with E-state index in [9.17, 15) is 9.67 Å². The summed E-state index contributed by atoms with van der Waals surface area (Å²) in [5, 5.41) is 17.2. The van der Waals surface area contributed by atoms with Gasteiger partial charge < -0.3 is 23.6 Å². The maximum atomic E-state index is 13.4. The molecule has 0 amide bonds. The Morgan fingerprint density at radius 2 is 1.89 bits per heavy atom. The van der Waals surface area contributed by atoms with Crippen molar-refractivity contribution in [3.8, 4) is 5.75 Å². The minimum absolute atomic E-state index is 0.109. The highest BCUT2D eigenvalue weighted by atomic mass is 35.5. The number of halogens is 2. The van der Waals surface area contributed by atoms with E-state index in [1.807, 2.05) is 13.0 Å². The first kappa shape index (κ1) is 27.3. The van der Waals surface area contributed by atoms with E-state index in [2.05, 4.69) is 10.1 Å². The van der Waals surface area contributed by atoms with Crippen molar-refractivity contribution in [1.82, 2.24) is 14.8 Å². The van der Waals surface area contributed by atoms with Gasteiger partial charge in [0.15, 0.2) is 6.23 Å². The summed E-state index contributed by atoms with van der Waals surface area (Å²) >= 11 is 12.6. The van der Waals surface area contributed by atoms with Crippen LogP contribution in [0.3, 0.4) is 0 Å². The molecule has 36 heavy (non-hydrogen) atoms. The topological polar surface area (TPSA) is 105 Å². The molecule has 1 aliphatic heterocycles. The van der Waals surface area contributed by atoms with Crippen LogP contribution in [0, 0.1) is 0 Å². The summed E-state index contributed by atoms with van der Waals surface area (Å²) in [6.07, 6.45) is 4.96. The lowest BCUT2D eigenvalue weighted by atomic mass is 10.1. The van der Waals surface area contributed by atoms with Crippen LogP contribution in [0.1, 0.15) is 69.5 Å². The van der Waals surface area contributed by atoms with Crippen LogP contribution in [-0.2, 0) is 18.3 Å². The van der Waals surface area contributed by atoms with Gasteiger partial charge in [0.2, 0.25) is 5.85 Å². The Bertz CT molecular complexity index is 1220. The third-order valence-corrected chi connectivity index (χ3v) is 8.59. The molecule has 1 fully saturated rings. The Kier molecular flexibility index (Phi) is 8.94. The zero-order valence-electron chi connectivity index (χ0n) is 20.4. The first-order chi connectivity index (χ1) is 17.3. The number of hydrogen-bond acceptors (Lipinski definition) is 8. The van der Waals surface area contributed by atoms with Crippen molar-refractivity contribution < 1.29 is 28.2 Å². The van der Waals surface area contributed by atoms with Gasteiger partial charge in [0.25, 0.3) is 0 Å². The predicted molar refractivity (Wildman–Crippen MR) is 138 cm³/mol. The number of fused-ring (bicyclic) bond motifs is 1. The molecule has 0 saturated carbocycles. The van der Waals surface area contributed by atoms with E-state index < -0.39 is 19.5 Å². The molecule has 3 atom stereocenters. The van der Waals surface area contributed by atoms with Crippen molar-refractivity contribution in [2.75, 3.05) is 19.8 Å². The molecule has 1 aromatic carbocycles. The highest BCUT2D eigenvalue weighted by molar-refractivity contribution is 7.54. The Labute approximate surface area is 220 Å². The SMILES string of the molecule is CCOP(=O)(OCC)C(O)c1nn(C2CCCCO2)c2ccc(OC(C)c3c(Cl)cncc3Cl)cc12. The maximum absolute atomic E-state index is 13.4. The van der Waals surface area contributed by atoms with Gasteiger partial charge in [0, 0.05) is 30.0 Å². The van der Waals surface area contributed by atoms with E-state index in [1.54, 1.807) is 30.7 Å². The van der Waals surface area contributed by atoms with Crippen molar-refractivity contribution in [1.29, 1.82) is 0 Å².